The van der Waals surface area contributed by atoms with Gasteiger partial charge in [0.05, 0.1) is 34.5 Å². The van der Waals surface area contributed by atoms with Crippen LogP contribution in [0.25, 0.3) is 21.2 Å². The van der Waals surface area contributed by atoms with E-state index in [1.165, 1.54) is 46.4 Å². The second-order valence-corrected chi connectivity index (χ2v) is 9.91. The first-order valence-corrected chi connectivity index (χ1v) is 12.9. The second kappa shape index (κ2) is 9.63. The fourth-order valence-electron chi connectivity index (χ4n) is 4.59. The molecule has 1 aliphatic rings. The minimum Gasteiger partial charge on any atom is -0.497 e. The summed E-state index contributed by atoms with van der Waals surface area (Å²) in [6.07, 6.45) is 6.99. The van der Waals surface area contributed by atoms with Gasteiger partial charge in [0.25, 0.3) is 5.91 Å². The summed E-state index contributed by atoms with van der Waals surface area (Å²) in [6.45, 7) is 0. The molecule has 0 fully saturated rings. The Morgan fingerprint density at radius 3 is 2.78 bits per heavy atom. The van der Waals surface area contributed by atoms with Crippen LogP contribution in [0.5, 0.6) is 5.75 Å². The van der Waals surface area contributed by atoms with Gasteiger partial charge in [-0.2, -0.15) is 10.1 Å². The molecular formula is C29H23N3O4S. The molecule has 2 aromatic heterocycles. The van der Waals surface area contributed by atoms with Crippen LogP contribution in [-0.2, 0) is 12.8 Å². The van der Waals surface area contributed by atoms with Gasteiger partial charge in [-0.05, 0) is 79.3 Å². The van der Waals surface area contributed by atoms with Gasteiger partial charge in [-0.3, -0.25) is 9.59 Å². The summed E-state index contributed by atoms with van der Waals surface area (Å²) in [7, 11) is 1.61. The first-order valence-electron chi connectivity index (χ1n) is 12.1. The molecule has 5 aromatic rings. The van der Waals surface area contributed by atoms with Crippen LogP contribution in [0.3, 0.4) is 0 Å². The quantitative estimate of drug-likeness (QED) is 0.215. The lowest BCUT2D eigenvalue weighted by atomic mass is 9.90. The van der Waals surface area contributed by atoms with E-state index in [9.17, 15) is 9.59 Å². The van der Waals surface area contributed by atoms with E-state index in [2.05, 4.69) is 10.1 Å². The summed E-state index contributed by atoms with van der Waals surface area (Å²) < 4.78 is 11.8. The molecule has 0 unspecified atom stereocenters. The van der Waals surface area contributed by atoms with Crippen molar-refractivity contribution >= 4 is 49.8 Å². The van der Waals surface area contributed by atoms with E-state index in [0.29, 0.717) is 27.4 Å². The van der Waals surface area contributed by atoms with Crippen molar-refractivity contribution < 1.29 is 13.9 Å². The summed E-state index contributed by atoms with van der Waals surface area (Å²) in [4.78, 5) is 31.5. The number of thiazole rings is 1. The molecule has 0 spiro atoms. The number of methoxy groups -OCH3 is 1. The van der Waals surface area contributed by atoms with Crippen LogP contribution < -0.4 is 15.2 Å². The van der Waals surface area contributed by atoms with Crippen LogP contribution in [0.1, 0.15) is 39.9 Å². The second-order valence-electron chi connectivity index (χ2n) is 8.90. The highest BCUT2D eigenvalue weighted by atomic mass is 32.1. The molecule has 7 nitrogen and oxygen atoms in total. The van der Waals surface area contributed by atoms with Crippen molar-refractivity contribution in [1.82, 2.24) is 4.98 Å². The number of carbonyl (C=O) groups excluding carboxylic acids is 1. The first-order chi connectivity index (χ1) is 18.1. The number of carbonyl (C=O) groups is 1. The Kier molecular flexibility index (Phi) is 6.02. The number of hydrogen-bond acceptors (Lipinski definition) is 7. The van der Waals surface area contributed by atoms with Gasteiger partial charge in [-0.15, -0.1) is 0 Å². The third kappa shape index (κ3) is 4.40. The molecule has 0 saturated heterocycles. The number of aryl methyl sites for hydroxylation is 2. The lowest BCUT2D eigenvalue weighted by Crippen LogP contribution is -2.26. The normalized spacial score (nSPS) is 13.2. The van der Waals surface area contributed by atoms with Crippen molar-refractivity contribution in [1.29, 1.82) is 0 Å². The lowest BCUT2D eigenvalue weighted by molar-refractivity contribution is 0.0987. The van der Waals surface area contributed by atoms with Crippen molar-refractivity contribution in [3.05, 3.63) is 99.4 Å². The van der Waals surface area contributed by atoms with E-state index >= 15 is 0 Å². The van der Waals surface area contributed by atoms with E-state index in [-0.39, 0.29) is 16.9 Å². The van der Waals surface area contributed by atoms with Crippen LogP contribution in [-0.4, -0.2) is 24.2 Å². The Labute approximate surface area is 216 Å². The van der Waals surface area contributed by atoms with Crippen molar-refractivity contribution in [2.45, 2.75) is 25.7 Å². The SMILES string of the molecule is COc1ccc2nc(N(/N=C/c3coc4ccccc4c3=O)C(=O)c3ccc4c(c3)CCCC4)sc2c1. The van der Waals surface area contributed by atoms with Crippen LogP contribution in [0.2, 0.25) is 0 Å². The van der Waals surface area contributed by atoms with Gasteiger partial charge in [0.2, 0.25) is 10.6 Å². The summed E-state index contributed by atoms with van der Waals surface area (Å²) in [5.74, 6) is 0.383. The van der Waals surface area contributed by atoms with Gasteiger partial charge in [0.15, 0.2) is 0 Å². The highest BCUT2D eigenvalue weighted by Gasteiger charge is 2.23. The first kappa shape index (κ1) is 23.1. The predicted molar refractivity (Wildman–Crippen MR) is 146 cm³/mol. The van der Waals surface area contributed by atoms with Gasteiger partial charge >= 0.3 is 0 Å². The number of hydrazone groups is 1. The zero-order valence-electron chi connectivity index (χ0n) is 20.1. The molecule has 0 N–H and O–H groups in total. The summed E-state index contributed by atoms with van der Waals surface area (Å²) in [5, 5.41) is 6.58. The highest BCUT2D eigenvalue weighted by Crippen LogP contribution is 2.33. The van der Waals surface area contributed by atoms with Crippen molar-refractivity contribution in [2.24, 2.45) is 5.10 Å². The zero-order chi connectivity index (χ0) is 25.4. The van der Waals surface area contributed by atoms with Gasteiger partial charge in [0.1, 0.15) is 17.6 Å². The van der Waals surface area contributed by atoms with Crippen molar-refractivity contribution in [3.63, 3.8) is 0 Å². The summed E-state index contributed by atoms with van der Waals surface area (Å²) in [5.41, 5.74) is 4.26. The van der Waals surface area contributed by atoms with Crippen molar-refractivity contribution in [3.8, 4) is 5.75 Å². The maximum absolute atomic E-state index is 13.8. The molecule has 8 heteroatoms. The number of rotatable bonds is 5. The fourth-order valence-corrected chi connectivity index (χ4v) is 5.54. The fraction of sp³-hybridized carbons (Fsp3) is 0.172. The molecule has 2 heterocycles. The summed E-state index contributed by atoms with van der Waals surface area (Å²) in [6, 6.07) is 18.4. The van der Waals surface area contributed by atoms with E-state index in [4.69, 9.17) is 9.15 Å². The van der Waals surface area contributed by atoms with Crippen LogP contribution in [0.15, 0.2) is 81.2 Å². The Bertz CT molecular complexity index is 1740. The van der Waals surface area contributed by atoms with E-state index in [0.717, 1.165) is 29.5 Å². The van der Waals surface area contributed by atoms with Gasteiger partial charge in [0, 0.05) is 5.56 Å². The van der Waals surface area contributed by atoms with Crippen LogP contribution in [0.4, 0.5) is 5.13 Å². The molecule has 0 bridgehead atoms. The Morgan fingerprint density at radius 2 is 1.92 bits per heavy atom. The van der Waals surface area contributed by atoms with Gasteiger partial charge in [-0.25, -0.2) is 4.98 Å². The molecule has 1 amide bonds. The molecule has 0 saturated carbocycles. The standard InChI is InChI=1S/C29H23N3O4S/c1-35-22-12-13-24-26(15-22)37-29(31-24)32(28(34)20-11-10-18-6-2-3-7-19(18)14-20)30-16-21-17-36-25-9-5-4-8-23(25)27(21)33/h4-5,8-17H,2-3,6-7H2,1H3/b30-16+. The highest BCUT2D eigenvalue weighted by molar-refractivity contribution is 7.22. The maximum Gasteiger partial charge on any atom is 0.280 e. The van der Waals surface area contributed by atoms with Crippen molar-refractivity contribution in [2.75, 3.05) is 12.1 Å². The molecule has 3 aromatic carbocycles. The average molecular weight is 510 g/mol. The van der Waals surface area contributed by atoms with Crippen LogP contribution in [0, 0.1) is 0 Å². The van der Waals surface area contributed by atoms with E-state index in [1.807, 2.05) is 36.4 Å². The Hall–Kier alpha value is -4.30. The number of fused-ring (bicyclic) bond motifs is 3. The number of hydrogen-bond donors (Lipinski definition) is 0. The largest absolute Gasteiger partial charge is 0.497 e. The monoisotopic (exact) mass is 509 g/mol. The molecule has 1 aliphatic carbocycles. The lowest BCUT2D eigenvalue weighted by Gasteiger charge is -2.18. The molecule has 0 aliphatic heterocycles. The zero-order valence-corrected chi connectivity index (χ0v) is 21.0. The predicted octanol–water partition coefficient (Wildman–Crippen LogP) is 5.97. The van der Waals surface area contributed by atoms with Gasteiger partial charge in [-0.1, -0.05) is 29.5 Å². The summed E-state index contributed by atoms with van der Waals surface area (Å²) >= 11 is 1.33. The van der Waals surface area contributed by atoms with E-state index < -0.39 is 0 Å². The Morgan fingerprint density at radius 1 is 1.08 bits per heavy atom. The molecule has 0 atom stereocenters. The maximum atomic E-state index is 13.8. The number of para-hydroxylation sites is 1. The molecule has 0 radical (unpaired) electrons. The minimum absolute atomic E-state index is 0.221. The number of ether oxygens (including phenoxy) is 1. The number of benzene rings is 3. The van der Waals surface area contributed by atoms with E-state index in [1.54, 1.807) is 31.4 Å². The number of nitrogens with zero attached hydrogens (tertiary/aromatic N) is 3. The molecule has 37 heavy (non-hydrogen) atoms. The minimum atomic E-state index is -0.319. The third-order valence-corrected chi connectivity index (χ3v) is 7.57. The molecular weight excluding hydrogens is 486 g/mol. The van der Waals surface area contributed by atoms with Gasteiger partial charge < -0.3 is 9.15 Å². The number of aromatic nitrogens is 1. The molecule has 6 rings (SSSR count). The Balaban J connectivity index is 1.43. The third-order valence-electron chi connectivity index (χ3n) is 6.57. The number of anilines is 1. The smallest absolute Gasteiger partial charge is 0.280 e. The average Bonchev–Trinajstić information content (AvgIpc) is 3.37. The number of amides is 1. The topological polar surface area (TPSA) is 85.0 Å². The van der Waals surface area contributed by atoms with Crippen LogP contribution >= 0.6 is 11.3 Å². The molecule has 184 valence electrons.